The zero-order chi connectivity index (χ0) is 14.1. The van der Waals surface area contributed by atoms with Crippen LogP contribution in [0.5, 0.6) is 0 Å². The largest absolute Gasteiger partial charge is 0.481 e. The highest BCUT2D eigenvalue weighted by Crippen LogP contribution is 2.34. The van der Waals surface area contributed by atoms with E-state index in [1.807, 2.05) is 0 Å². The summed E-state index contributed by atoms with van der Waals surface area (Å²) in [6.07, 6.45) is 2.57. The van der Waals surface area contributed by atoms with Gasteiger partial charge in [-0.1, -0.05) is 0 Å². The van der Waals surface area contributed by atoms with Crippen LogP contribution in [0.2, 0.25) is 0 Å². The van der Waals surface area contributed by atoms with Crippen molar-refractivity contribution >= 4 is 21.7 Å². The quantitative estimate of drug-likeness (QED) is 0.721. The van der Waals surface area contributed by atoms with Crippen LogP contribution in [-0.4, -0.2) is 42.4 Å². The molecule has 0 heterocycles. The maximum Gasteiger partial charge on any atom is 0.305 e. The normalized spacial score (nSPS) is 18.2. The van der Waals surface area contributed by atoms with E-state index >= 15 is 0 Å². The van der Waals surface area contributed by atoms with Crippen LogP contribution in [0.15, 0.2) is 0 Å². The predicted molar refractivity (Wildman–Crippen MR) is 65.8 cm³/mol. The molecule has 0 aliphatic heterocycles. The summed E-state index contributed by atoms with van der Waals surface area (Å²) in [5, 5.41) is 11.3. The Bertz CT molecular complexity index is 450. The lowest BCUT2D eigenvalue weighted by atomic mass is 10.1. The maximum absolute atomic E-state index is 12.0. The fourth-order valence-corrected chi connectivity index (χ4v) is 1.93. The van der Waals surface area contributed by atoms with E-state index in [0.717, 1.165) is 19.1 Å². The Morgan fingerprint density at radius 1 is 1.39 bits per heavy atom. The van der Waals surface area contributed by atoms with Gasteiger partial charge in [-0.25, -0.2) is 8.42 Å². The molecule has 0 aromatic heterocycles. The van der Waals surface area contributed by atoms with Crippen molar-refractivity contribution in [3.63, 3.8) is 0 Å². The number of amides is 1. The summed E-state index contributed by atoms with van der Waals surface area (Å²) in [5.41, 5.74) is 0. The third kappa shape index (κ3) is 3.44. The molecule has 0 bridgehead atoms. The van der Waals surface area contributed by atoms with Gasteiger partial charge in [0.1, 0.15) is 4.75 Å². The van der Waals surface area contributed by atoms with Crippen molar-refractivity contribution in [1.29, 1.82) is 0 Å². The van der Waals surface area contributed by atoms with E-state index in [4.69, 9.17) is 5.11 Å². The molecule has 18 heavy (non-hydrogen) atoms. The Balaban J connectivity index is 2.75. The lowest BCUT2D eigenvalue weighted by molar-refractivity contribution is -0.138. The molecular weight excluding hydrogens is 258 g/mol. The number of sulfone groups is 1. The summed E-state index contributed by atoms with van der Waals surface area (Å²) >= 11 is 0. The summed E-state index contributed by atoms with van der Waals surface area (Å²) in [6, 6.07) is -0.476. The van der Waals surface area contributed by atoms with Gasteiger partial charge in [0.05, 0.1) is 6.42 Å². The first-order valence-corrected chi connectivity index (χ1v) is 7.67. The van der Waals surface area contributed by atoms with Crippen LogP contribution in [-0.2, 0) is 19.4 Å². The van der Waals surface area contributed by atoms with Gasteiger partial charge in [-0.05, 0) is 32.6 Å². The zero-order valence-electron chi connectivity index (χ0n) is 10.8. The fourth-order valence-electron chi connectivity index (χ4n) is 1.53. The van der Waals surface area contributed by atoms with Gasteiger partial charge in [0, 0.05) is 12.3 Å². The van der Waals surface area contributed by atoms with Crippen LogP contribution in [0, 0.1) is 5.92 Å². The molecule has 7 heteroatoms. The summed E-state index contributed by atoms with van der Waals surface area (Å²) in [6.45, 7) is 2.64. The van der Waals surface area contributed by atoms with Crippen molar-refractivity contribution in [2.75, 3.05) is 6.26 Å². The number of carboxylic acids is 1. The third-order valence-corrected chi connectivity index (χ3v) is 5.42. The molecule has 1 fully saturated rings. The fraction of sp³-hybridized carbons (Fsp3) is 0.818. The second-order valence-corrected chi connectivity index (χ2v) is 7.86. The van der Waals surface area contributed by atoms with Crippen molar-refractivity contribution in [2.24, 2.45) is 5.92 Å². The second-order valence-electron chi connectivity index (χ2n) is 5.30. The van der Waals surface area contributed by atoms with E-state index in [9.17, 15) is 18.0 Å². The molecule has 0 radical (unpaired) electrons. The smallest absolute Gasteiger partial charge is 0.305 e. The van der Waals surface area contributed by atoms with Crippen LogP contribution in [0.1, 0.15) is 33.1 Å². The van der Waals surface area contributed by atoms with E-state index in [1.54, 1.807) is 0 Å². The third-order valence-electron chi connectivity index (χ3n) is 3.38. The van der Waals surface area contributed by atoms with Gasteiger partial charge in [-0.2, -0.15) is 0 Å². The molecule has 0 saturated heterocycles. The molecule has 1 atom stereocenters. The second kappa shape index (κ2) is 4.87. The molecule has 1 aliphatic carbocycles. The van der Waals surface area contributed by atoms with E-state index in [0.29, 0.717) is 0 Å². The molecular formula is C11H19NO5S. The van der Waals surface area contributed by atoms with Crippen molar-refractivity contribution in [3.8, 4) is 0 Å². The van der Waals surface area contributed by atoms with Crippen molar-refractivity contribution < 1.29 is 23.1 Å². The first kappa shape index (κ1) is 14.9. The number of nitrogens with one attached hydrogen (secondary N) is 1. The molecule has 0 aromatic carbocycles. The Hall–Kier alpha value is -1.11. The number of aliphatic carboxylic acids is 1. The summed E-state index contributed by atoms with van der Waals surface area (Å²) in [5.74, 6) is -1.48. The molecule has 1 saturated carbocycles. The number of carbonyl (C=O) groups is 2. The van der Waals surface area contributed by atoms with Crippen LogP contribution in [0.25, 0.3) is 0 Å². The molecule has 1 unspecified atom stereocenters. The molecule has 1 amide bonds. The number of hydrogen-bond donors (Lipinski definition) is 2. The highest BCUT2D eigenvalue weighted by Gasteiger charge is 2.42. The topological polar surface area (TPSA) is 101 Å². The zero-order valence-corrected chi connectivity index (χ0v) is 11.6. The van der Waals surface area contributed by atoms with Crippen molar-refractivity contribution in [2.45, 2.75) is 43.9 Å². The highest BCUT2D eigenvalue weighted by atomic mass is 32.2. The standard InChI is InChI=1S/C11H19NO5S/c1-11(2,18(3,16)17)10(15)12-8(6-9(13)14)7-4-5-7/h7-8H,4-6H2,1-3H3,(H,12,15)(H,13,14). The maximum atomic E-state index is 12.0. The van der Waals surface area contributed by atoms with Crippen LogP contribution in [0.4, 0.5) is 0 Å². The van der Waals surface area contributed by atoms with Crippen molar-refractivity contribution in [3.05, 3.63) is 0 Å². The molecule has 6 nitrogen and oxygen atoms in total. The van der Waals surface area contributed by atoms with Crippen LogP contribution >= 0.6 is 0 Å². The minimum atomic E-state index is -3.54. The molecule has 2 N–H and O–H groups in total. The van der Waals surface area contributed by atoms with Crippen molar-refractivity contribution in [1.82, 2.24) is 5.32 Å². The minimum absolute atomic E-state index is 0.153. The number of carbonyl (C=O) groups excluding carboxylic acids is 1. The SMILES string of the molecule is CC(C)(C(=O)NC(CC(=O)O)C1CC1)S(C)(=O)=O. The molecule has 1 rings (SSSR count). The van der Waals surface area contributed by atoms with Crippen LogP contribution in [0.3, 0.4) is 0 Å². The summed E-state index contributed by atoms with van der Waals surface area (Å²) < 4.78 is 21.5. The summed E-state index contributed by atoms with van der Waals surface area (Å²) in [4.78, 5) is 22.7. The molecule has 0 spiro atoms. The van der Waals surface area contributed by atoms with Gasteiger partial charge in [0.15, 0.2) is 9.84 Å². The number of rotatable bonds is 6. The Morgan fingerprint density at radius 2 is 1.89 bits per heavy atom. The molecule has 0 aromatic rings. The average molecular weight is 277 g/mol. The van der Waals surface area contributed by atoms with Gasteiger partial charge < -0.3 is 10.4 Å². The number of carboxylic acid groups (broad SMARTS) is 1. The van der Waals surface area contributed by atoms with Gasteiger partial charge in [0.2, 0.25) is 5.91 Å². The summed E-state index contributed by atoms with van der Waals surface area (Å²) in [7, 11) is -3.54. The predicted octanol–water partition coefficient (Wildman–Crippen LogP) is 0.179. The van der Waals surface area contributed by atoms with E-state index < -0.39 is 32.5 Å². The van der Waals surface area contributed by atoms with Gasteiger partial charge in [-0.3, -0.25) is 9.59 Å². The average Bonchev–Trinajstić information content (AvgIpc) is 2.96. The molecule has 1 aliphatic rings. The first-order chi connectivity index (χ1) is 8.05. The Kier molecular flexibility index (Phi) is 4.05. The van der Waals surface area contributed by atoms with E-state index in [2.05, 4.69) is 5.32 Å². The van der Waals surface area contributed by atoms with E-state index in [-0.39, 0.29) is 12.3 Å². The Labute approximate surface area is 107 Å². The minimum Gasteiger partial charge on any atom is -0.481 e. The van der Waals surface area contributed by atoms with Crippen LogP contribution < -0.4 is 5.32 Å². The Morgan fingerprint density at radius 3 is 2.22 bits per heavy atom. The molecule has 104 valence electrons. The lowest BCUT2D eigenvalue weighted by Gasteiger charge is -2.25. The monoisotopic (exact) mass is 277 g/mol. The van der Waals surface area contributed by atoms with E-state index in [1.165, 1.54) is 13.8 Å². The number of hydrogen-bond acceptors (Lipinski definition) is 4. The van der Waals surface area contributed by atoms with Gasteiger partial charge in [0.25, 0.3) is 0 Å². The van der Waals surface area contributed by atoms with Gasteiger partial charge >= 0.3 is 5.97 Å². The van der Waals surface area contributed by atoms with Gasteiger partial charge in [-0.15, -0.1) is 0 Å². The lowest BCUT2D eigenvalue weighted by Crippen LogP contribution is -2.51. The highest BCUT2D eigenvalue weighted by molar-refractivity contribution is 7.92. The first-order valence-electron chi connectivity index (χ1n) is 5.78.